The summed E-state index contributed by atoms with van der Waals surface area (Å²) in [5, 5.41) is 0. The van der Waals surface area contributed by atoms with Gasteiger partial charge in [0, 0.05) is 33.7 Å². The van der Waals surface area contributed by atoms with Crippen LogP contribution in [0, 0.1) is 13.8 Å². The second kappa shape index (κ2) is 8.51. The molecule has 116 valence electrons. The van der Waals surface area contributed by atoms with Gasteiger partial charge in [-0.1, -0.05) is 24.3 Å². The number of rotatable bonds is 6. The number of benzene rings is 2. The van der Waals surface area contributed by atoms with E-state index < -0.39 is 0 Å². The molecule has 0 aliphatic carbocycles. The lowest BCUT2D eigenvalue weighted by molar-refractivity contribution is 0.565. The molecular weight excluding hydrogens is 328 g/mol. The first kappa shape index (κ1) is 17.3. The Hall–Kier alpha value is -2.10. The molecule has 0 heterocycles. The van der Waals surface area contributed by atoms with Crippen molar-refractivity contribution in [3.63, 3.8) is 0 Å². The average molecular weight is 342 g/mol. The second-order valence-electron chi connectivity index (χ2n) is 4.92. The highest BCUT2D eigenvalue weighted by atomic mass is 32.2. The molecule has 23 heavy (non-hydrogen) atoms. The van der Waals surface area contributed by atoms with Gasteiger partial charge in [0.15, 0.2) is 0 Å². The van der Waals surface area contributed by atoms with Crippen LogP contribution in [-0.4, -0.2) is 12.2 Å². The predicted octanol–water partition coefficient (Wildman–Crippen LogP) is 4.58. The summed E-state index contributed by atoms with van der Waals surface area (Å²) < 4.78 is 7.07. The fourth-order valence-electron chi connectivity index (χ4n) is 2.22. The van der Waals surface area contributed by atoms with Crippen molar-refractivity contribution in [1.82, 2.24) is 0 Å². The Bertz CT molecular complexity index is 741. The molecule has 0 unspecified atom stereocenters. The molecule has 0 amide bonds. The van der Waals surface area contributed by atoms with Crippen molar-refractivity contribution in [3.8, 4) is 0 Å². The summed E-state index contributed by atoms with van der Waals surface area (Å²) in [6, 6.07) is 12.2. The SMILES string of the molecule is Cc1cc(Cc2ccc(SN=C=O)c(C)c2)ccc1SN=C=O. The van der Waals surface area contributed by atoms with E-state index in [2.05, 4.69) is 20.9 Å². The Labute approximate surface area is 143 Å². The number of hydrogen-bond donors (Lipinski definition) is 0. The first-order chi connectivity index (χ1) is 11.1. The van der Waals surface area contributed by atoms with Gasteiger partial charge < -0.3 is 0 Å². The zero-order valence-electron chi connectivity index (χ0n) is 12.7. The highest BCUT2D eigenvalue weighted by Gasteiger charge is 2.05. The predicted molar refractivity (Wildman–Crippen MR) is 93.1 cm³/mol. The molecule has 0 bridgehead atoms. The Balaban J connectivity index is 2.15. The van der Waals surface area contributed by atoms with Gasteiger partial charge in [0.2, 0.25) is 12.2 Å². The minimum absolute atomic E-state index is 0.811. The van der Waals surface area contributed by atoms with Crippen LogP contribution in [0.5, 0.6) is 0 Å². The second-order valence-corrected chi connectivity index (χ2v) is 6.53. The summed E-state index contributed by atoms with van der Waals surface area (Å²) in [6.45, 7) is 3.99. The highest BCUT2D eigenvalue weighted by Crippen LogP contribution is 2.27. The average Bonchev–Trinajstić information content (AvgIpc) is 2.53. The van der Waals surface area contributed by atoms with E-state index in [4.69, 9.17) is 0 Å². The summed E-state index contributed by atoms with van der Waals surface area (Å²) in [6.07, 6.45) is 3.87. The van der Waals surface area contributed by atoms with Crippen LogP contribution in [0.4, 0.5) is 0 Å². The van der Waals surface area contributed by atoms with Gasteiger partial charge in [-0.25, -0.2) is 9.59 Å². The van der Waals surface area contributed by atoms with Crippen LogP contribution < -0.4 is 0 Å². The fraction of sp³-hybridized carbons (Fsp3) is 0.176. The van der Waals surface area contributed by atoms with Crippen LogP contribution in [0.3, 0.4) is 0 Å². The minimum atomic E-state index is 0.811. The first-order valence-electron chi connectivity index (χ1n) is 6.81. The molecule has 0 fully saturated rings. The van der Waals surface area contributed by atoms with Crippen LogP contribution in [0.1, 0.15) is 22.3 Å². The van der Waals surface area contributed by atoms with Crippen LogP contribution in [0.25, 0.3) is 0 Å². The maximum absolute atomic E-state index is 10.2. The molecule has 4 nitrogen and oxygen atoms in total. The van der Waals surface area contributed by atoms with Gasteiger partial charge in [0.1, 0.15) is 0 Å². The van der Waals surface area contributed by atoms with Crippen LogP contribution in [0.15, 0.2) is 55.0 Å². The number of hydrogen-bond acceptors (Lipinski definition) is 6. The Morgan fingerprint density at radius 3 is 1.61 bits per heavy atom. The van der Waals surface area contributed by atoms with Gasteiger partial charge in [0.25, 0.3) is 0 Å². The van der Waals surface area contributed by atoms with Gasteiger partial charge in [-0.3, -0.25) is 0 Å². The van der Waals surface area contributed by atoms with Gasteiger partial charge in [-0.05, 0) is 54.7 Å². The van der Waals surface area contributed by atoms with Crippen molar-refractivity contribution >= 4 is 36.1 Å². The molecule has 0 N–H and O–H groups in total. The zero-order valence-corrected chi connectivity index (χ0v) is 14.3. The van der Waals surface area contributed by atoms with Crippen molar-refractivity contribution in [2.24, 2.45) is 8.80 Å². The van der Waals surface area contributed by atoms with Crippen molar-refractivity contribution in [3.05, 3.63) is 58.7 Å². The standard InChI is InChI=1S/C17H14N2O2S2/c1-12-7-14(3-5-16(12)22-18-10-20)9-15-4-6-17(13(2)8-15)23-19-11-21/h3-8H,9H2,1-2H3. The number of aryl methyl sites for hydroxylation is 2. The molecule has 0 aliphatic rings. The zero-order chi connectivity index (χ0) is 16.7. The van der Waals surface area contributed by atoms with E-state index in [9.17, 15) is 9.59 Å². The molecule has 0 atom stereocenters. The molecule has 0 aromatic heterocycles. The Morgan fingerprint density at radius 1 is 0.826 bits per heavy atom. The number of nitrogens with zero attached hydrogens (tertiary/aromatic N) is 2. The summed E-state index contributed by atoms with van der Waals surface area (Å²) in [5.74, 6) is 0. The molecule has 0 spiro atoms. The monoisotopic (exact) mass is 342 g/mol. The minimum Gasteiger partial charge on any atom is -0.210 e. The van der Waals surface area contributed by atoms with Crippen LogP contribution in [-0.2, 0) is 16.0 Å². The topological polar surface area (TPSA) is 58.9 Å². The summed E-state index contributed by atoms with van der Waals surface area (Å²) >= 11 is 2.26. The van der Waals surface area contributed by atoms with E-state index in [0.29, 0.717) is 0 Å². The van der Waals surface area contributed by atoms with Crippen molar-refractivity contribution in [2.75, 3.05) is 0 Å². The third kappa shape index (κ3) is 4.95. The normalized spacial score (nSPS) is 9.83. The molecule has 2 aromatic carbocycles. The quantitative estimate of drug-likeness (QED) is 0.438. The van der Waals surface area contributed by atoms with Crippen molar-refractivity contribution < 1.29 is 9.59 Å². The van der Waals surface area contributed by atoms with Gasteiger partial charge in [-0.15, -0.1) is 8.80 Å². The lowest BCUT2D eigenvalue weighted by Gasteiger charge is -2.08. The van der Waals surface area contributed by atoms with Crippen molar-refractivity contribution in [1.29, 1.82) is 0 Å². The van der Waals surface area contributed by atoms with Gasteiger partial charge in [-0.2, -0.15) is 0 Å². The largest absolute Gasteiger partial charge is 0.247 e. The molecule has 0 saturated carbocycles. The third-order valence-corrected chi connectivity index (χ3v) is 4.89. The van der Waals surface area contributed by atoms with Crippen LogP contribution >= 0.6 is 23.9 Å². The number of carbonyl (C=O) groups excluding carboxylic acids is 2. The van der Waals surface area contributed by atoms with E-state index >= 15 is 0 Å². The maximum Gasteiger partial charge on any atom is 0.247 e. The summed E-state index contributed by atoms with van der Waals surface area (Å²) in [5.41, 5.74) is 4.53. The molecule has 2 rings (SSSR count). The Kier molecular flexibility index (Phi) is 6.39. The lowest BCUT2D eigenvalue weighted by atomic mass is 10.0. The van der Waals surface area contributed by atoms with E-state index in [1.54, 1.807) is 0 Å². The molecular formula is C17H14N2O2S2. The Morgan fingerprint density at radius 2 is 1.26 bits per heavy atom. The summed E-state index contributed by atoms with van der Waals surface area (Å²) in [7, 11) is 0. The van der Waals surface area contributed by atoms with E-state index in [-0.39, 0.29) is 0 Å². The smallest absolute Gasteiger partial charge is 0.210 e. The first-order valence-corrected chi connectivity index (χ1v) is 8.36. The fourth-order valence-corrected chi connectivity index (χ4v) is 3.15. The van der Waals surface area contributed by atoms with E-state index in [0.717, 1.165) is 51.2 Å². The molecule has 2 aromatic rings. The van der Waals surface area contributed by atoms with E-state index in [1.807, 2.05) is 38.1 Å². The molecule has 0 radical (unpaired) electrons. The molecule has 6 heteroatoms. The van der Waals surface area contributed by atoms with Gasteiger partial charge >= 0.3 is 0 Å². The third-order valence-electron chi connectivity index (χ3n) is 3.25. The number of isocyanates is 2. The van der Waals surface area contributed by atoms with Gasteiger partial charge in [0.05, 0.1) is 0 Å². The molecule has 0 aliphatic heterocycles. The lowest BCUT2D eigenvalue weighted by Crippen LogP contribution is -1.91. The van der Waals surface area contributed by atoms with Crippen molar-refractivity contribution in [2.45, 2.75) is 30.1 Å². The maximum atomic E-state index is 10.2. The highest BCUT2D eigenvalue weighted by molar-refractivity contribution is 7.98. The molecule has 0 saturated heterocycles. The summed E-state index contributed by atoms with van der Waals surface area (Å²) in [4.78, 5) is 22.3. The van der Waals surface area contributed by atoms with E-state index in [1.165, 1.54) is 23.3 Å². The van der Waals surface area contributed by atoms with Crippen LogP contribution in [0.2, 0.25) is 0 Å².